The molecule has 4 aromatic rings. The Balaban J connectivity index is 1.54. The van der Waals surface area contributed by atoms with Crippen molar-refractivity contribution in [3.8, 4) is 22.8 Å². The van der Waals surface area contributed by atoms with Crippen LogP contribution in [-0.4, -0.2) is 22.2 Å². The van der Waals surface area contributed by atoms with Crippen LogP contribution in [0.2, 0.25) is 0 Å². The number of rotatable bonds is 5. The molecule has 1 aromatic heterocycles. The van der Waals surface area contributed by atoms with Crippen molar-refractivity contribution in [3.63, 3.8) is 0 Å². The normalized spacial score (nSPS) is 14.9. The van der Waals surface area contributed by atoms with Crippen LogP contribution in [0.25, 0.3) is 11.3 Å². The molecule has 2 heterocycles. The number of nitrogen functional groups attached to an aromatic ring is 1. The largest absolute Gasteiger partial charge is 0.457 e. The first-order chi connectivity index (χ1) is 15.6. The van der Waals surface area contributed by atoms with Crippen LogP contribution >= 0.6 is 0 Å². The molecule has 1 unspecified atom stereocenters. The lowest BCUT2D eigenvalue weighted by molar-refractivity contribution is 0.100. The van der Waals surface area contributed by atoms with Gasteiger partial charge in [-0.3, -0.25) is 4.79 Å². The van der Waals surface area contributed by atoms with Gasteiger partial charge in [0.2, 0.25) is 0 Å². The number of carbonyl (C=O) groups excluding carboxylic acids is 1. The van der Waals surface area contributed by atoms with Crippen molar-refractivity contribution in [2.45, 2.75) is 12.5 Å². The topological polar surface area (TPSA) is 108 Å². The molecule has 32 heavy (non-hydrogen) atoms. The molecule has 1 atom stereocenters. The Morgan fingerprint density at radius 1 is 0.969 bits per heavy atom. The van der Waals surface area contributed by atoms with E-state index in [2.05, 4.69) is 5.32 Å². The maximum absolute atomic E-state index is 12.4. The summed E-state index contributed by atoms with van der Waals surface area (Å²) in [7, 11) is 0. The zero-order chi connectivity index (χ0) is 22.1. The molecule has 0 bridgehead atoms. The molecule has 1 aliphatic heterocycles. The van der Waals surface area contributed by atoms with E-state index in [-0.39, 0.29) is 6.04 Å². The monoisotopic (exact) mass is 425 g/mol. The van der Waals surface area contributed by atoms with Crippen molar-refractivity contribution in [1.82, 2.24) is 9.78 Å². The third kappa shape index (κ3) is 3.54. The Labute approximate surface area is 185 Å². The van der Waals surface area contributed by atoms with Crippen molar-refractivity contribution in [1.29, 1.82) is 0 Å². The van der Waals surface area contributed by atoms with Crippen LogP contribution in [0.1, 0.15) is 28.4 Å². The summed E-state index contributed by atoms with van der Waals surface area (Å²) >= 11 is 0. The van der Waals surface area contributed by atoms with Gasteiger partial charge in [-0.2, -0.15) is 5.10 Å². The zero-order valence-corrected chi connectivity index (χ0v) is 17.4. The summed E-state index contributed by atoms with van der Waals surface area (Å²) in [5, 5.41) is 8.11. The minimum absolute atomic E-state index is 0.0833. The number of carbonyl (C=O) groups is 1. The van der Waals surface area contributed by atoms with E-state index in [1.165, 1.54) is 0 Å². The molecule has 7 heteroatoms. The number of benzene rings is 3. The summed E-state index contributed by atoms with van der Waals surface area (Å²) in [5.41, 5.74) is 15.4. The second kappa shape index (κ2) is 8.11. The molecule has 7 nitrogen and oxygen atoms in total. The lowest BCUT2D eigenvalue weighted by Crippen LogP contribution is -2.26. The first-order valence-electron chi connectivity index (χ1n) is 10.5. The van der Waals surface area contributed by atoms with Gasteiger partial charge in [-0.1, -0.05) is 36.4 Å². The molecule has 5 N–H and O–H groups in total. The number of ether oxygens (including phenoxy) is 1. The number of nitrogens with two attached hydrogens (primary N) is 2. The highest BCUT2D eigenvalue weighted by Crippen LogP contribution is 2.38. The molecule has 0 radical (unpaired) electrons. The van der Waals surface area contributed by atoms with Crippen LogP contribution in [-0.2, 0) is 0 Å². The van der Waals surface area contributed by atoms with E-state index in [9.17, 15) is 4.79 Å². The van der Waals surface area contributed by atoms with E-state index in [4.69, 9.17) is 21.3 Å². The number of nitrogens with one attached hydrogen (secondary N) is 1. The Bertz CT molecular complexity index is 1270. The summed E-state index contributed by atoms with van der Waals surface area (Å²) < 4.78 is 7.71. The lowest BCUT2D eigenvalue weighted by Gasteiger charge is -2.27. The number of para-hydroxylation sites is 2. The van der Waals surface area contributed by atoms with Crippen LogP contribution in [0, 0.1) is 0 Å². The number of hydrogen-bond acceptors (Lipinski definition) is 5. The number of amides is 1. The summed E-state index contributed by atoms with van der Waals surface area (Å²) in [4.78, 5) is 12.4. The average Bonchev–Trinajstić information content (AvgIpc) is 3.21. The van der Waals surface area contributed by atoms with E-state index in [1.54, 1.807) is 0 Å². The number of aromatic nitrogens is 2. The molecule has 1 amide bonds. The van der Waals surface area contributed by atoms with Gasteiger partial charge in [0.25, 0.3) is 5.91 Å². The maximum atomic E-state index is 12.4. The van der Waals surface area contributed by atoms with Crippen molar-refractivity contribution < 1.29 is 9.53 Å². The summed E-state index contributed by atoms with van der Waals surface area (Å²) in [6, 6.07) is 24.7. The van der Waals surface area contributed by atoms with Crippen LogP contribution in [0.3, 0.4) is 0 Å². The number of anilines is 2. The number of nitrogens with zero attached hydrogens (tertiary/aromatic N) is 2. The third-order valence-corrected chi connectivity index (χ3v) is 5.62. The molecular formula is C25H23N5O2. The third-order valence-electron chi connectivity index (χ3n) is 5.62. The second-order valence-corrected chi connectivity index (χ2v) is 7.68. The van der Waals surface area contributed by atoms with Crippen LogP contribution in [0.5, 0.6) is 11.5 Å². The van der Waals surface area contributed by atoms with E-state index in [0.717, 1.165) is 23.3 Å². The van der Waals surface area contributed by atoms with Crippen LogP contribution in [0.4, 0.5) is 11.5 Å². The lowest BCUT2D eigenvalue weighted by atomic mass is 10.00. The fraction of sp³-hybridized carbons (Fsp3) is 0.120. The van der Waals surface area contributed by atoms with Crippen LogP contribution < -0.4 is 21.5 Å². The van der Waals surface area contributed by atoms with Crippen molar-refractivity contribution >= 4 is 17.4 Å². The summed E-state index contributed by atoms with van der Waals surface area (Å²) in [6.45, 7) is 0.689. The quantitative estimate of drug-likeness (QED) is 0.410. The molecule has 3 aromatic carbocycles. The summed E-state index contributed by atoms with van der Waals surface area (Å²) in [5.74, 6) is 1.54. The van der Waals surface area contributed by atoms with E-state index < -0.39 is 5.91 Å². The minimum Gasteiger partial charge on any atom is -0.457 e. The first-order valence-corrected chi connectivity index (χ1v) is 10.5. The van der Waals surface area contributed by atoms with E-state index in [1.807, 2.05) is 83.5 Å². The van der Waals surface area contributed by atoms with Crippen molar-refractivity contribution in [3.05, 3.63) is 90.0 Å². The Morgan fingerprint density at radius 2 is 1.66 bits per heavy atom. The van der Waals surface area contributed by atoms with Gasteiger partial charge < -0.3 is 21.5 Å². The highest BCUT2D eigenvalue weighted by atomic mass is 16.5. The molecule has 0 aliphatic carbocycles. The smallest absolute Gasteiger partial charge is 0.254 e. The Hall–Kier alpha value is -4.26. The maximum Gasteiger partial charge on any atom is 0.254 e. The number of hydrogen-bond donors (Lipinski definition) is 3. The fourth-order valence-electron chi connectivity index (χ4n) is 4.12. The van der Waals surface area contributed by atoms with Crippen molar-refractivity contribution in [2.24, 2.45) is 5.73 Å². The van der Waals surface area contributed by atoms with Gasteiger partial charge >= 0.3 is 0 Å². The molecule has 0 saturated heterocycles. The molecule has 0 saturated carbocycles. The molecule has 5 rings (SSSR count). The highest BCUT2D eigenvalue weighted by molar-refractivity contribution is 6.04. The van der Waals surface area contributed by atoms with Crippen molar-refractivity contribution in [2.75, 3.05) is 17.6 Å². The standard InChI is InChI=1S/C25H23N5O2/c26-20-9-5-4-8-19(20)21-14-15-28-25-22(24(27)31)23(29-30(21)25)16-10-12-18(13-11-16)32-17-6-2-1-3-7-17/h1-13,21,28H,14-15,26H2,(H2,27,31). The molecular weight excluding hydrogens is 402 g/mol. The molecule has 160 valence electrons. The SMILES string of the molecule is NC(=O)c1c(-c2ccc(Oc3ccccc3)cc2)nn2c1NCCC2c1ccccc1N. The Morgan fingerprint density at radius 3 is 2.38 bits per heavy atom. The van der Waals surface area contributed by atoms with E-state index in [0.29, 0.717) is 35.1 Å². The summed E-state index contributed by atoms with van der Waals surface area (Å²) in [6.07, 6.45) is 0.796. The predicted octanol–water partition coefficient (Wildman–Crippen LogP) is 4.43. The molecule has 1 aliphatic rings. The van der Waals surface area contributed by atoms with Gasteiger partial charge in [0.1, 0.15) is 28.6 Å². The Kier molecular flexibility index (Phi) is 4.99. The average molecular weight is 425 g/mol. The van der Waals surface area contributed by atoms with Gasteiger partial charge in [-0.05, 0) is 54.4 Å². The second-order valence-electron chi connectivity index (χ2n) is 7.68. The minimum atomic E-state index is -0.528. The first kappa shape index (κ1) is 19.7. The van der Waals surface area contributed by atoms with E-state index >= 15 is 0 Å². The number of primary amides is 1. The van der Waals surface area contributed by atoms with Gasteiger partial charge in [0.05, 0.1) is 6.04 Å². The highest BCUT2D eigenvalue weighted by Gasteiger charge is 2.31. The molecule has 0 spiro atoms. The fourth-order valence-corrected chi connectivity index (χ4v) is 4.12. The van der Waals surface area contributed by atoms with Crippen LogP contribution in [0.15, 0.2) is 78.9 Å². The van der Waals surface area contributed by atoms with Gasteiger partial charge in [-0.15, -0.1) is 0 Å². The predicted molar refractivity (Wildman–Crippen MR) is 125 cm³/mol. The number of fused-ring (bicyclic) bond motifs is 1. The van der Waals surface area contributed by atoms with Gasteiger partial charge in [0.15, 0.2) is 0 Å². The van der Waals surface area contributed by atoms with Gasteiger partial charge in [-0.25, -0.2) is 4.68 Å². The zero-order valence-electron chi connectivity index (χ0n) is 17.4. The molecule has 0 fully saturated rings. The van der Waals surface area contributed by atoms with Gasteiger partial charge in [0, 0.05) is 17.8 Å².